The highest BCUT2D eigenvalue weighted by atomic mass is 16.6. The molecule has 134 valence electrons. The van der Waals surface area contributed by atoms with Gasteiger partial charge in [-0.2, -0.15) is 0 Å². The molecule has 2 aromatic rings. The molecule has 0 unspecified atom stereocenters. The molecular formula is C20H21N3O3. The van der Waals surface area contributed by atoms with Crippen molar-refractivity contribution in [3.63, 3.8) is 0 Å². The van der Waals surface area contributed by atoms with Crippen LogP contribution in [0.1, 0.15) is 49.8 Å². The Morgan fingerprint density at radius 2 is 2.08 bits per heavy atom. The lowest BCUT2D eigenvalue weighted by atomic mass is 9.65. The van der Waals surface area contributed by atoms with Gasteiger partial charge in [-0.15, -0.1) is 0 Å². The second-order valence-corrected chi connectivity index (χ2v) is 6.28. The predicted octanol–water partition coefficient (Wildman–Crippen LogP) is 4.45. The third-order valence-corrected chi connectivity index (χ3v) is 5.06. The van der Waals surface area contributed by atoms with Crippen LogP contribution in [0.4, 0.5) is 11.4 Å². The molecule has 4 rings (SSSR count). The highest BCUT2D eigenvalue weighted by molar-refractivity contribution is 6.10. The first-order valence-electron chi connectivity index (χ1n) is 8.77. The SMILES string of the molecule is C=C(c1cccnc1)c1cc([N+](=O)[O-])cc2c1NC(=O)C21CCC1.CC. The molecule has 2 heterocycles. The van der Waals surface area contributed by atoms with Crippen LogP contribution < -0.4 is 5.32 Å². The van der Waals surface area contributed by atoms with Gasteiger partial charge in [0.15, 0.2) is 0 Å². The number of carbonyl (C=O) groups is 1. The van der Waals surface area contributed by atoms with E-state index in [0.29, 0.717) is 16.8 Å². The lowest BCUT2D eigenvalue weighted by Crippen LogP contribution is -2.40. The Hall–Kier alpha value is -3.02. The molecule has 1 aromatic carbocycles. The Labute approximate surface area is 152 Å². The van der Waals surface area contributed by atoms with Crippen LogP contribution in [0.2, 0.25) is 0 Å². The summed E-state index contributed by atoms with van der Waals surface area (Å²) in [6.07, 6.45) is 5.72. The fraction of sp³-hybridized carbons (Fsp3) is 0.300. The zero-order valence-electron chi connectivity index (χ0n) is 14.9. The molecule has 6 nitrogen and oxygen atoms in total. The summed E-state index contributed by atoms with van der Waals surface area (Å²) in [5.41, 5.74) is 2.72. The van der Waals surface area contributed by atoms with Gasteiger partial charge in [-0.1, -0.05) is 32.9 Å². The number of carbonyl (C=O) groups excluding carboxylic acids is 1. The number of fused-ring (bicyclic) bond motifs is 2. The molecule has 0 radical (unpaired) electrons. The largest absolute Gasteiger partial charge is 0.324 e. The normalized spacial score (nSPS) is 16.0. The van der Waals surface area contributed by atoms with E-state index in [2.05, 4.69) is 16.9 Å². The van der Waals surface area contributed by atoms with Crippen molar-refractivity contribution in [1.82, 2.24) is 4.98 Å². The zero-order valence-corrected chi connectivity index (χ0v) is 14.9. The first-order valence-corrected chi connectivity index (χ1v) is 8.77. The third kappa shape index (κ3) is 2.58. The summed E-state index contributed by atoms with van der Waals surface area (Å²) in [6, 6.07) is 6.64. The van der Waals surface area contributed by atoms with E-state index in [-0.39, 0.29) is 11.6 Å². The van der Waals surface area contributed by atoms with Crippen molar-refractivity contribution in [1.29, 1.82) is 0 Å². The third-order valence-electron chi connectivity index (χ3n) is 5.06. The Morgan fingerprint density at radius 3 is 2.62 bits per heavy atom. The molecule has 0 saturated heterocycles. The lowest BCUT2D eigenvalue weighted by Gasteiger charge is -2.36. The van der Waals surface area contributed by atoms with Crippen LogP contribution in [0, 0.1) is 10.1 Å². The Morgan fingerprint density at radius 1 is 1.35 bits per heavy atom. The molecule has 1 fully saturated rings. The number of hydrogen-bond acceptors (Lipinski definition) is 4. The Kier molecular flexibility index (Phi) is 4.59. The van der Waals surface area contributed by atoms with Gasteiger partial charge >= 0.3 is 0 Å². The van der Waals surface area contributed by atoms with E-state index in [1.165, 1.54) is 12.1 Å². The molecule has 1 amide bonds. The van der Waals surface area contributed by atoms with E-state index >= 15 is 0 Å². The number of benzene rings is 1. The second kappa shape index (κ2) is 6.71. The number of amides is 1. The molecule has 2 aliphatic rings. The number of nitro groups is 1. The van der Waals surface area contributed by atoms with Gasteiger partial charge in [-0.3, -0.25) is 19.9 Å². The molecular weight excluding hydrogens is 330 g/mol. The van der Waals surface area contributed by atoms with Gasteiger partial charge in [0.05, 0.1) is 16.0 Å². The molecule has 0 atom stereocenters. The highest BCUT2D eigenvalue weighted by Crippen LogP contribution is 2.53. The molecule has 0 bridgehead atoms. The smallest absolute Gasteiger partial charge is 0.270 e. The number of rotatable bonds is 3. The van der Waals surface area contributed by atoms with Crippen molar-refractivity contribution < 1.29 is 9.72 Å². The molecule has 1 aliphatic heterocycles. The maximum Gasteiger partial charge on any atom is 0.270 e. The summed E-state index contributed by atoms with van der Waals surface area (Å²) in [6.45, 7) is 8.08. The summed E-state index contributed by atoms with van der Waals surface area (Å²) in [7, 11) is 0. The molecule has 1 N–H and O–H groups in total. The van der Waals surface area contributed by atoms with Crippen molar-refractivity contribution in [2.45, 2.75) is 38.5 Å². The second-order valence-electron chi connectivity index (χ2n) is 6.28. The summed E-state index contributed by atoms with van der Waals surface area (Å²) in [5, 5.41) is 14.3. The van der Waals surface area contributed by atoms with Crippen LogP contribution in [0.3, 0.4) is 0 Å². The number of nitrogens with zero attached hydrogens (tertiary/aromatic N) is 2. The van der Waals surface area contributed by atoms with Crippen molar-refractivity contribution >= 4 is 22.9 Å². The summed E-state index contributed by atoms with van der Waals surface area (Å²) >= 11 is 0. The Balaban J connectivity index is 0.000000948. The molecule has 1 saturated carbocycles. The molecule has 26 heavy (non-hydrogen) atoms. The van der Waals surface area contributed by atoms with E-state index in [1.54, 1.807) is 18.5 Å². The quantitative estimate of drug-likeness (QED) is 0.654. The standard InChI is InChI=1S/C18H15N3O3.C2H6/c1-11(12-4-2-7-19-10-12)14-8-13(21(23)24)9-15-16(14)20-17(22)18(15)5-3-6-18;1-2/h2,4,7-10H,1,3,5-6H2,(H,20,22);1-2H3. The van der Waals surface area contributed by atoms with Crippen LogP contribution in [0.5, 0.6) is 0 Å². The van der Waals surface area contributed by atoms with Gasteiger partial charge in [-0.25, -0.2) is 0 Å². The fourth-order valence-electron chi connectivity index (χ4n) is 3.56. The summed E-state index contributed by atoms with van der Waals surface area (Å²) in [5.74, 6) is -0.0653. The van der Waals surface area contributed by atoms with Crippen LogP contribution in [0.15, 0.2) is 43.2 Å². The minimum atomic E-state index is -0.606. The van der Waals surface area contributed by atoms with E-state index in [4.69, 9.17) is 0 Å². The number of pyridine rings is 1. The van der Waals surface area contributed by atoms with Crippen molar-refractivity contribution in [3.8, 4) is 0 Å². The predicted molar refractivity (Wildman–Crippen MR) is 101 cm³/mol. The minimum absolute atomic E-state index is 0.0171. The van der Waals surface area contributed by atoms with Gasteiger partial charge < -0.3 is 5.32 Å². The molecule has 6 heteroatoms. The maximum absolute atomic E-state index is 12.5. The maximum atomic E-state index is 12.5. The number of aromatic nitrogens is 1. The lowest BCUT2D eigenvalue weighted by molar-refractivity contribution is -0.385. The number of nitrogens with one attached hydrogen (secondary N) is 1. The summed E-state index contributed by atoms with van der Waals surface area (Å²) in [4.78, 5) is 27.5. The van der Waals surface area contributed by atoms with Crippen LogP contribution >= 0.6 is 0 Å². The van der Waals surface area contributed by atoms with E-state index < -0.39 is 10.3 Å². The van der Waals surface area contributed by atoms with Crippen LogP contribution in [-0.4, -0.2) is 15.8 Å². The molecule has 1 spiro atoms. The first-order chi connectivity index (χ1) is 12.5. The van der Waals surface area contributed by atoms with Gasteiger partial charge in [-0.05, 0) is 30.0 Å². The van der Waals surface area contributed by atoms with E-state index in [9.17, 15) is 14.9 Å². The van der Waals surface area contributed by atoms with Crippen molar-refractivity contribution in [3.05, 3.63) is 70.0 Å². The minimum Gasteiger partial charge on any atom is -0.324 e. The van der Waals surface area contributed by atoms with Crippen molar-refractivity contribution in [2.24, 2.45) is 0 Å². The van der Waals surface area contributed by atoms with Gasteiger partial charge in [0.1, 0.15) is 0 Å². The van der Waals surface area contributed by atoms with E-state index in [0.717, 1.165) is 30.4 Å². The fourth-order valence-corrected chi connectivity index (χ4v) is 3.56. The first kappa shape index (κ1) is 17.8. The molecule has 1 aromatic heterocycles. The number of hydrogen-bond donors (Lipinski definition) is 1. The van der Waals surface area contributed by atoms with Crippen LogP contribution in [-0.2, 0) is 10.2 Å². The topological polar surface area (TPSA) is 85.1 Å². The van der Waals surface area contributed by atoms with Crippen LogP contribution in [0.25, 0.3) is 5.57 Å². The number of nitro benzene ring substituents is 1. The summed E-state index contributed by atoms with van der Waals surface area (Å²) < 4.78 is 0. The van der Waals surface area contributed by atoms with Crippen molar-refractivity contribution in [2.75, 3.05) is 5.32 Å². The zero-order chi connectivity index (χ0) is 18.9. The number of non-ortho nitro benzene ring substituents is 1. The number of anilines is 1. The average molecular weight is 351 g/mol. The van der Waals surface area contributed by atoms with Gasteiger partial charge in [0.2, 0.25) is 5.91 Å². The van der Waals surface area contributed by atoms with Gasteiger partial charge in [0.25, 0.3) is 5.69 Å². The monoisotopic (exact) mass is 351 g/mol. The Bertz CT molecular complexity index is 887. The molecule has 1 aliphatic carbocycles. The highest BCUT2D eigenvalue weighted by Gasteiger charge is 2.52. The average Bonchev–Trinajstić information content (AvgIpc) is 2.94. The van der Waals surface area contributed by atoms with E-state index in [1.807, 2.05) is 19.9 Å². The van der Waals surface area contributed by atoms with Gasteiger partial charge in [0, 0.05) is 35.7 Å².